The van der Waals surface area contributed by atoms with Gasteiger partial charge in [0.05, 0.1) is 6.04 Å². The van der Waals surface area contributed by atoms with Crippen molar-refractivity contribution in [1.82, 2.24) is 4.90 Å². The standard InChI is InChI=1S/C16H23FN2O/c1-13(19-11-5-3-2-4-6-12-19)16(20)18-15-9-7-14(17)8-10-15/h7-10,13H,2-6,11-12H2,1H3,(H,18,20)/t13-/m1/s1. The van der Waals surface area contributed by atoms with Crippen molar-refractivity contribution in [2.75, 3.05) is 18.4 Å². The van der Waals surface area contributed by atoms with Crippen LogP contribution in [0.1, 0.15) is 39.0 Å². The molecule has 1 aromatic rings. The lowest BCUT2D eigenvalue weighted by Crippen LogP contribution is -2.43. The number of hydrogen-bond donors (Lipinski definition) is 1. The lowest BCUT2D eigenvalue weighted by Gasteiger charge is -2.29. The third-order valence-electron chi connectivity index (χ3n) is 3.93. The molecule has 1 N–H and O–H groups in total. The fourth-order valence-corrected chi connectivity index (χ4v) is 2.60. The van der Waals surface area contributed by atoms with Crippen LogP contribution in [0.2, 0.25) is 0 Å². The van der Waals surface area contributed by atoms with Gasteiger partial charge >= 0.3 is 0 Å². The Hall–Kier alpha value is -1.42. The van der Waals surface area contributed by atoms with Crippen LogP contribution in [-0.2, 0) is 4.79 Å². The monoisotopic (exact) mass is 278 g/mol. The Morgan fingerprint density at radius 3 is 2.25 bits per heavy atom. The summed E-state index contributed by atoms with van der Waals surface area (Å²) in [5.41, 5.74) is 0.648. The van der Waals surface area contributed by atoms with E-state index in [0.29, 0.717) is 5.69 Å². The van der Waals surface area contributed by atoms with E-state index in [9.17, 15) is 9.18 Å². The van der Waals surface area contributed by atoms with E-state index in [1.807, 2.05) is 6.92 Å². The predicted molar refractivity (Wildman–Crippen MR) is 79.1 cm³/mol. The lowest BCUT2D eigenvalue weighted by atomic mass is 10.1. The van der Waals surface area contributed by atoms with Gasteiger partial charge in [-0.3, -0.25) is 9.69 Å². The van der Waals surface area contributed by atoms with Gasteiger partial charge in [-0.15, -0.1) is 0 Å². The molecule has 3 nitrogen and oxygen atoms in total. The molecule has 1 saturated heterocycles. The molecule has 1 atom stereocenters. The first-order valence-electron chi connectivity index (χ1n) is 7.47. The van der Waals surface area contributed by atoms with E-state index < -0.39 is 0 Å². The van der Waals surface area contributed by atoms with Crippen LogP contribution in [0.4, 0.5) is 10.1 Å². The summed E-state index contributed by atoms with van der Waals surface area (Å²) in [5.74, 6) is -0.308. The summed E-state index contributed by atoms with van der Waals surface area (Å²) in [5, 5.41) is 2.85. The van der Waals surface area contributed by atoms with Gasteiger partial charge in [0, 0.05) is 5.69 Å². The first kappa shape index (κ1) is 15.0. The molecule has 20 heavy (non-hydrogen) atoms. The summed E-state index contributed by atoms with van der Waals surface area (Å²) in [6, 6.07) is 5.76. The zero-order chi connectivity index (χ0) is 14.4. The van der Waals surface area contributed by atoms with E-state index in [0.717, 1.165) is 25.9 Å². The van der Waals surface area contributed by atoms with Gasteiger partial charge in [0.1, 0.15) is 5.82 Å². The van der Waals surface area contributed by atoms with Crippen LogP contribution in [0.15, 0.2) is 24.3 Å². The van der Waals surface area contributed by atoms with Gasteiger partial charge in [0.25, 0.3) is 0 Å². The van der Waals surface area contributed by atoms with E-state index in [2.05, 4.69) is 10.2 Å². The molecular formula is C16H23FN2O. The van der Waals surface area contributed by atoms with Crippen LogP contribution in [0.25, 0.3) is 0 Å². The Kier molecular flexibility index (Phi) is 5.53. The minimum atomic E-state index is -0.292. The smallest absolute Gasteiger partial charge is 0.241 e. The molecule has 0 radical (unpaired) electrons. The van der Waals surface area contributed by atoms with Crippen molar-refractivity contribution in [2.24, 2.45) is 0 Å². The molecule has 1 fully saturated rings. The number of nitrogens with one attached hydrogen (secondary N) is 1. The van der Waals surface area contributed by atoms with Crippen LogP contribution < -0.4 is 5.32 Å². The molecule has 4 heteroatoms. The van der Waals surface area contributed by atoms with Crippen molar-refractivity contribution in [3.05, 3.63) is 30.1 Å². The molecule has 1 amide bonds. The number of nitrogens with zero attached hydrogens (tertiary/aromatic N) is 1. The summed E-state index contributed by atoms with van der Waals surface area (Å²) in [4.78, 5) is 14.5. The molecule has 1 heterocycles. The maximum absolute atomic E-state index is 12.8. The summed E-state index contributed by atoms with van der Waals surface area (Å²) < 4.78 is 12.8. The summed E-state index contributed by atoms with van der Waals surface area (Å²) in [7, 11) is 0. The number of rotatable bonds is 3. The summed E-state index contributed by atoms with van der Waals surface area (Å²) in [6.07, 6.45) is 6.14. The molecule has 0 spiro atoms. The van der Waals surface area contributed by atoms with Gasteiger partial charge in [-0.05, 0) is 57.1 Å². The minimum Gasteiger partial charge on any atom is -0.325 e. The van der Waals surface area contributed by atoms with Crippen LogP contribution in [0.5, 0.6) is 0 Å². The zero-order valence-electron chi connectivity index (χ0n) is 12.1. The average Bonchev–Trinajstić information content (AvgIpc) is 2.40. The number of carbonyl (C=O) groups is 1. The normalized spacial score (nSPS) is 18.9. The Bertz CT molecular complexity index is 425. The second kappa shape index (κ2) is 7.39. The van der Waals surface area contributed by atoms with Gasteiger partial charge in [-0.1, -0.05) is 19.3 Å². The summed E-state index contributed by atoms with van der Waals surface area (Å²) in [6.45, 7) is 3.91. The fraction of sp³-hybridized carbons (Fsp3) is 0.562. The molecule has 0 aromatic heterocycles. The topological polar surface area (TPSA) is 32.3 Å². The molecule has 2 rings (SSSR count). The minimum absolute atomic E-state index is 0.0165. The maximum Gasteiger partial charge on any atom is 0.241 e. The predicted octanol–water partition coefficient (Wildman–Crippen LogP) is 3.42. The van der Waals surface area contributed by atoms with Crippen molar-refractivity contribution in [2.45, 2.75) is 45.1 Å². The summed E-state index contributed by atoms with van der Waals surface area (Å²) >= 11 is 0. The van der Waals surface area contributed by atoms with Gasteiger partial charge < -0.3 is 5.32 Å². The highest BCUT2D eigenvalue weighted by atomic mass is 19.1. The van der Waals surface area contributed by atoms with Crippen molar-refractivity contribution in [1.29, 1.82) is 0 Å². The van der Waals surface area contributed by atoms with Crippen LogP contribution in [0.3, 0.4) is 0 Å². The third kappa shape index (κ3) is 4.30. The average molecular weight is 278 g/mol. The number of anilines is 1. The van der Waals surface area contributed by atoms with Crippen molar-refractivity contribution in [3.63, 3.8) is 0 Å². The second-order valence-corrected chi connectivity index (χ2v) is 5.48. The first-order chi connectivity index (χ1) is 9.66. The molecule has 0 saturated carbocycles. The largest absolute Gasteiger partial charge is 0.325 e. The maximum atomic E-state index is 12.8. The van der Waals surface area contributed by atoms with E-state index in [1.54, 1.807) is 12.1 Å². The third-order valence-corrected chi connectivity index (χ3v) is 3.93. The van der Waals surface area contributed by atoms with Gasteiger partial charge in [-0.25, -0.2) is 4.39 Å². The Morgan fingerprint density at radius 1 is 1.10 bits per heavy atom. The molecular weight excluding hydrogens is 255 g/mol. The number of likely N-dealkylation sites (tertiary alicyclic amines) is 1. The van der Waals surface area contributed by atoms with E-state index >= 15 is 0 Å². The molecule has 1 aromatic carbocycles. The lowest BCUT2D eigenvalue weighted by molar-refractivity contribution is -0.120. The van der Waals surface area contributed by atoms with Crippen LogP contribution in [-0.4, -0.2) is 29.9 Å². The van der Waals surface area contributed by atoms with E-state index in [4.69, 9.17) is 0 Å². The van der Waals surface area contributed by atoms with Crippen LogP contribution in [0, 0.1) is 5.82 Å². The fourth-order valence-electron chi connectivity index (χ4n) is 2.60. The van der Waals surface area contributed by atoms with Gasteiger partial charge in [0.2, 0.25) is 5.91 Å². The molecule has 110 valence electrons. The zero-order valence-corrected chi connectivity index (χ0v) is 12.1. The molecule has 0 aliphatic carbocycles. The highest BCUT2D eigenvalue weighted by molar-refractivity contribution is 5.94. The van der Waals surface area contributed by atoms with Gasteiger partial charge in [0.15, 0.2) is 0 Å². The number of hydrogen-bond acceptors (Lipinski definition) is 2. The number of carbonyl (C=O) groups excluding carboxylic acids is 1. The second-order valence-electron chi connectivity index (χ2n) is 5.48. The number of benzene rings is 1. The highest BCUT2D eigenvalue weighted by Crippen LogP contribution is 2.14. The Balaban J connectivity index is 1.91. The number of amides is 1. The van der Waals surface area contributed by atoms with Gasteiger partial charge in [-0.2, -0.15) is 0 Å². The molecule has 1 aliphatic heterocycles. The Labute approximate surface area is 120 Å². The molecule has 0 unspecified atom stereocenters. The van der Waals surface area contributed by atoms with Crippen molar-refractivity contribution < 1.29 is 9.18 Å². The highest BCUT2D eigenvalue weighted by Gasteiger charge is 2.21. The number of halogens is 1. The van der Waals surface area contributed by atoms with E-state index in [1.165, 1.54) is 31.4 Å². The first-order valence-corrected chi connectivity index (χ1v) is 7.47. The van der Waals surface area contributed by atoms with Crippen LogP contribution >= 0.6 is 0 Å². The quantitative estimate of drug-likeness (QED) is 0.919. The Morgan fingerprint density at radius 2 is 1.65 bits per heavy atom. The van der Waals surface area contributed by atoms with Crippen molar-refractivity contribution in [3.8, 4) is 0 Å². The SMILES string of the molecule is C[C@H](C(=O)Nc1ccc(F)cc1)N1CCCCCCC1. The van der Waals surface area contributed by atoms with E-state index in [-0.39, 0.29) is 17.8 Å². The van der Waals surface area contributed by atoms with Crippen molar-refractivity contribution >= 4 is 11.6 Å². The molecule has 0 bridgehead atoms. The molecule has 1 aliphatic rings.